The molecule has 2 N–H and O–H groups in total. The predicted molar refractivity (Wildman–Crippen MR) is 134 cm³/mol. The predicted octanol–water partition coefficient (Wildman–Crippen LogP) is 4.36. The summed E-state index contributed by atoms with van der Waals surface area (Å²) in [6.07, 6.45) is 5.67. The lowest BCUT2D eigenvalue weighted by atomic mass is 10.2. The highest BCUT2D eigenvalue weighted by atomic mass is 16.7. The van der Waals surface area contributed by atoms with E-state index in [0.717, 1.165) is 5.56 Å². The van der Waals surface area contributed by atoms with Gasteiger partial charge in [0.25, 0.3) is 5.69 Å². The Bertz CT molecular complexity index is 1460. The molecule has 0 unspecified atom stereocenters. The van der Waals surface area contributed by atoms with Gasteiger partial charge in [0, 0.05) is 23.9 Å². The van der Waals surface area contributed by atoms with Crippen molar-refractivity contribution in [3.8, 4) is 23.0 Å². The minimum absolute atomic E-state index is 0.0668. The van der Waals surface area contributed by atoms with E-state index in [0.29, 0.717) is 28.6 Å². The second kappa shape index (κ2) is 10.1. The molecule has 2 aliphatic heterocycles. The molecule has 0 atom stereocenters. The van der Waals surface area contributed by atoms with Crippen LogP contribution in [0.3, 0.4) is 0 Å². The Kier molecular flexibility index (Phi) is 6.41. The van der Waals surface area contributed by atoms with Gasteiger partial charge in [0.2, 0.25) is 25.4 Å². The van der Waals surface area contributed by atoms with Crippen molar-refractivity contribution in [1.82, 2.24) is 0 Å². The lowest BCUT2D eigenvalue weighted by Gasteiger charge is -2.08. The number of carbonyl (C=O) groups excluding carboxylic acids is 2. The van der Waals surface area contributed by atoms with E-state index in [2.05, 4.69) is 10.6 Å². The highest BCUT2D eigenvalue weighted by Gasteiger charge is 2.17. The minimum atomic E-state index is -0.623. The smallest absolute Gasteiger partial charge is 0.292 e. The number of nitro groups is 1. The summed E-state index contributed by atoms with van der Waals surface area (Å²) in [7, 11) is 0. The average Bonchev–Trinajstić information content (AvgIpc) is 3.55. The zero-order chi connectivity index (χ0) is 25.8. The maximum Gasteiger partial charge on any atom is 0.292 e. The molecule has 5 rings (SSSR count). The summed E-state index contributed by atoms with van der Waals surface area (Å²) in [5.74, 6) is 1.34. The van der Waals surface area contributed by atoms with Gasteiger partial charge in [-0.15, -0.1) is 0 Å². The first-order chi connectivity index (χ1) is 17.9. The molecule has 2 heterocycles. The Morgan fingerprint density at radius 3 is 1.84 bits per heavy atom. The van der Waals surface area contributed by atoms with Gasteiger partial charge in [0.1, 0.15) is 5.69 Å². The fourth-order valence-electron chi connectivity index (χ4n) is 3.61. The van der Waals surface area contributed by atoms with E-state index < -0.39 is 16.7 Å². The lowest BCUT2D eigenvalue weighted by Crippen LogP contribution is -2.12. The third-order valence-electron chi connectivity index (χ3n) is 5.37. The molecule has 2 aliphatic rings. The summed E-state index contributed by atoms with van der Waals surface area (Å²) in [6.45, 7) is 0.282. The summed E-state index contributed by atoms with van der Waals surface area (Å²) >= 11 is 0. The third kappa shape index (κ3) is 5.51. The van der Waals surface area contributed by atoms with E-state index in [1.54, 1.807) is 42.5 Å². The van der Waals surface area contributed by atoms with Gasteiger partial charge in [-0.05, 0) is 59.7 Å². The number of amides is 2. The van der Waals surface area contributed by atoms with Crippen LogP contribution in [0.15, 0.2) is 66.7 Å². The van der Waals surface area contributed by atoms with Crippen molar-refractivity contribution in [2.24, 2.45) is 0 Å². The molecule has 0 bridgehead atoms. The van der Waals surface area contributed by atoms with Crippen molar-refractivity contribution in [2.45, 2.75) is 0 Å². The van der Waals surface area contributed by atoms with Crippen LogP contribution in [-0.2, 0) is 9.59 Å². The van der Waals surface area contributed by atoms with Gasteiger partial charge < -0.3 is 29.6 Å². The second-order valence-corrected chi connectivity index (χ2v) is 7.86. The van der Waals surface area contributed by atoms with Crippen molar-refractivity contribution in [3.05, 3.63) is 88.0 Å². The monoisotopic (exact) mass is 501 g/mol. The molecule has 0 spiro atoms. The van der Waals surface area contributed by atoms with Crippen molar-refractivity contribution < 1.29 is 33.5 Å². The fraction of sp³-hybridized carbons (Fsp3) is 0.0769. The lowest BCUT2D eigenvalue weighted by molar-refractivity contribution is -0.383. The zero-order valence-corrected chi connectivity index (χ0v) is 19.1. The van der Waals surface area contributed by atoms with Crippen LogP contribution < -0.4 is 29.6 Å². The molecule has 186 valence electrons. The minimum Gasteiger partial charge on any atom is -0.454 e. The number of fused-ring (bicyclic) bond motifs is 2. The summed E-state index contributed by atoms with van der Waals surface area (Å²) in [5, 5.41) is 16.6. The van der Waals surface area contributed by atoms with Crippen molar-refractivity contribution >= 4 is 41.0 Å². The molecule has 37 heavy (non-hydrogen) atoms. The van der Waals surface area contributed by atoms with Crippen LogP contribution in [0.5, 0.6) is 23.0 Å². The summed E-state index contributed by atoms with van der Waals surface area (Å²) < 4.78 is 21.1. The summed E-state index contributed by atoms with van der Waals surface area (Å²) in [6, 6.07) is 14.3. The largest absolute Gasteiger partial charge is 0.454 e. The Balaban J connectivity index is 1.25. The van der Waals surface area contributed by atoms with Gasteiger partial charge in [-0.25, -0.2) is 0 Å². The standard InChI is InChI=1S/C26H19N3O8/c30-25(9-3-16-1-7-21-23(11-16)36-14-34-21)27-18-5-6-20(29(32)33)19(13-18)28-26(31)10-4-17-2-8-22-24(12-17)37-15-35-22/h1-13H,14-15H2,(H,27,30)(H,28,31). The zero-order valence-electron chi connectivity index (χ0n) is 19.1. The molecule has 3 aromatic carbocycles. The maximum atomic E-state index is 12.5. The Morgan fingerprint density at radius 1 is 0.730 bits per heavy atom. The fourth-order valence-corrected chi connectivity index (χ4v) is 3.61. The third-order valence-corrected chi connectivity index (χ3v) is 5.37. The molecule has 2 amide bonds. The van der Waals surface area contributed by atoms with Crippen LogP contribution in [0, 0.1) is 10.1 Å². The number of carbonyl (C=O) groups is 2. The molecule has 0 saturated heterocycles. The molecule has 11 heteroatoms. The molecule has 11 nitrogen and oxygen atoms in total. The van der Waals surface area contributed by atoms with E-state index in [4.69, 9.17) is 18.9 Å². The number of ether oxygens (including phenoxy) is 4. The van der Waals surface area contributed by atoms with Gasteiger partial charge in [0.15, 0.2) is 23.0 Å². The Hall–Kier alpha value is -5.32. The SMILES string of the molecule is O=C(C=Cc1ccc2c(c1)OCO2)Nc1ccc([N+](=O)[O-])c(NC(=O)C=Cc2ccc3c(c2)OCO3)c1. The molecule has 3 aromatic rings. The number of nitro benzene ring substituents is 1. The summed E-state index contributed by atoms with van der Waals surface area (Å²) in [4.78, 5) is 35.7. The quantitative estimate of drug-likeness (QED) is 0.277. The first-order valence-electron chi connectivity index (χ1n) is 11.0. The summed E-state index contributed by atoms with van der Waals surface area (Å²) in [5.41, 5.74) is 1.29. The molecule has 0 aromatic heterocycles. The van der Waals surface area contributed by atoms with E-state index >= 15 is 0 Å². The first kappa shape index (κ1) is 23.4. The van der Waals surface area contributed by atoms with E-state index in [1.807, 2.05) is 0 Å². The van der Waals surface area contributed by atoms with Gasteiger partial charge in [-0.2, -0.15) is 0 Å². The number of rotatable bonds is 7. The number of nitrogens with one attached hydrogen (secondary N) is 2. The van der Waals surface area contributed by atoms with Gasteiger partial charge in [0.05, 0.1) is 4.92 Å². The normalized spacial score (nSPS) is 13.2. The number of anilines is 2. The van der Waals surface area contributed by atoms with Crippen LogP contribution in [0.1, 0.15) is 11.1 Å². The molecular weight excluding hydrogens is 482 g/mol. The van der Waals surface area contributed by atoms with Crippen molar-refractivity contribution in [2.75, 3.05) is 24.2 Å². The maximum absolute atomic E-state index is 12.5. The van der Waals surface area contributed by atoms with Gasteiger partial charge in [-0.1, -0.05) is 12.1 Å². The second-order valence-electron chi connectivity index (χ2n) is 7.86. The van der Waals surface area contributed by atoms with Crippen molar-refractivity contribution in [3.63, 3.8) is 0 Å². The van der Waals surface area contributed by atoms with Crippen LogP contribution in [-0.4, -0.2) is 30.3 Å². The molecular formula is C26H19N3O8. The highest BCUT2D eigenvalue weighted by Crippen LogP contribution is 2.34. The van der Waals surface area contributed by atoms with E-state index in [9.17, 15) is 19.7 Å². The number of benzene rings is 3. The van der Waals surface area contributed by atoms with Crippen LogP contribution >= 0.6 is 0 Å². The van der Waals surface area contributed by atoms with Crippen molar-refractivity contribution in [1.29, 1.82) is 0 Å². The Labute approximate surface area is 210 Å². The van der Waals surface area contributed by atoms with Gasteiger partial charge >= 0.3 is 0 Å². The molecule has 0 saturated carbocycles. The van der Waals surface area contributed by atoms with E-state index in [-0.39, 0.29) is 30.6 Å². The topological polar surface area (TPSA) is 138 Å². The van der Waals surface area contributed by atoms with Crippen LogP contribution in [0.4, 0.5) is 17.1 Å². The van der Waals surface area contributed by atoms with Gasteiger partial charge in [-0.3, -0.25) is 19.7 Å². The number of hydrogen-bond acceptors (Lipinski definition) is 8. The molecule has 0 radical (unpaired) electrons. The average molecular weight is 501 g/mol. The number of hydrogen-bond donors (Lipinski definition) is 2. The molecule has 0 fully saturated rings. The van der Waals surface area contributed by atoms with Crippen LogP contribution in [0.25, 0.3) is 12.2 Å². The number of nitrogens with zero attached hydrogens (tertiary/aromatic N) is 1. The first-order valence-corrected chi connectivity index (χ1v) is 11.0. The van der Waals surface area contributed by atoms with Crippen LogP contribution in [0.2, 0.25) is 0 Å². The Morgan fingerprint density at radius 2 is 1.27 bits per heavy atom. The van der Waals surface area contributed by atoms with E-state index in [1.165, 1.54) is 36.4 Å². The highest BCUT2D eigenvalue weighted by molar-refractivity contribution is 6.05. The molecule has 0 aliphatic carbocycles.